The number of aryl methyl sites for hydroxylation is 1. The van der Waals surface area contributed by atoms with Gasteiger partial charge in [-0.25, -0.2) is 4.98 Å². The summed E-state index contributed by atoms with van der Waals surface area (Å²) in [5.41, 5.74) is 2.54. The predicted octanol–water partition coefficient (Wildman–Crippen LogP) is 4.89. The van der Waals surface area contributed by atoms with Gasteiger partial charge in [-0.3, -0.25) is 9.69 Å². The van der Waals surface area contributed by atoms with Crippen LogP contribution in [0, 0.1) is 6.92 Å². The number of benzene rings is 2. The van der Waals surface area contributed by atoms with Gasteiger partial charge in [0.25, 0.3) is 5.91 Å². The number of aromatic nitrogens is 1. The molecule has 0 bridgehead atoms. The molecule has 0 radical (unpaired) electrons. The Morgan fingerprint density at radius 1 is 1.12 bits per heavy atom. The first-order chi connectivity index (χ1) is 12.0. The second-order valence-electron chi connectivity index (χ2n) is 6.21. The normalized spacial score (nSPS) is 10.8. The van der Waals surface area contributed by atoms with Crippen molar-refractivity contribution in [1.82, 2.24) is 9.88 Å². The van der Waals surface area contributed by atoms with E-state index in [4.69, 9.17) is 11.6 Å². The minimum atomic E-state index is -0.0444. The lowest BCUT2D eigenvalue weighted by Gasteiger charge is -2.22. The van der Waals surface area contributed by atoms with Gasteiger partial charge in [0, 0.05) is 18.7 Å². The molecule has 3 rings (SSSR count). The van der Waals surface area contributed by atoms with Gasteiger partial charge in [0.15, 0.2) is 5.13 Å². The van der Waals surface area contributed by atoms with E-state index in [1.807, 2.05) is 63.5 Å². The van der Waals surface area contributed by atoms with Crippen LogP contribution in [0.15, 0.2) is 42.5 Å². The van der Waals surface area contributed by atoms with E-state index in [0.717, 1.165) is 22.3 Å². The number of likely N-dealkylation sites (N-methyl/N-ethyl adjacent to an activating group) is 1. The lowest BCUT2D eigenvalue weighted by molar-refractivity contribution is 0.0985. The molecular formula is C19H21Cl2N3OS. The highest BCUT2D eigenvalue weighted by Gasteiger charge is 2.21. The van der Waals surface area contributed by atoms with Crippen LogP contribution in [0.1, 0.15) is 15.9 Å². The van der Waals surface area contributed by atoms with E-state index in [1.165, 1.54) is 11.3 Å². The standard InChI is InChI=1S/C19H20ClN3OS.ClH/c1-13-7-9-14(10-8-13)18(24)23(12-11-22(2)3)19-21-17-15(20)5-4-6-16(17)25-19;/h4-10H,11-12H2,1-3H3;1H. The van der Waals surface area contributed by atoms with Gasteiger partial charge in [-0.15, -0.1) is 12.4 Å². The van der Waals surface area contributed by atoms with Gasteiger partial charge >= 0.3 is 0 Å². The predicted molar refractivity (Wildman–Crippen MR) is 113 cm³/mol. The number of hydrogen-bond donors (Lipinski definition) is 0. The Morgan fingerprint density at radius 3 is 2.42 bits per heavy atom. The summed E-state index contributed by atoms with van der Waals surface area (Å²) < 4.78 is 0.981. The van der Waals surface area contributed by atoms with Gasteiger partial charge in [0.05, 0.1) is 9.72 Å². The van der Waals surface area contributed by atoms with Crippen LogP contribution < -0.4 is 4.90 Å². The van der Waals surface area contributed by atoms with E-state index in [-0.39, 0.29) is 18.3 Å². The Hall–Kier alpha value is -1.66. The van der Waals surface area contributed by atoms with E-state index >= 15 is 0 Å². The molecule has 0 saturated carbocycles. The molecule has 1 amide bonds. The summed E-state index contributed by atoms with van der Waals surface area (Å²) in [7, 11) is 3.98. The first-order valence-electron chi connectivity index (χ1n) is 8.04. The Balaban J connectivity index is 0.00000243. The molecule has 138 valence electrons. The van der Waals surface area contributed by atoms with Gasteiger partial charge in [-0.05, 0) is 45.3 Å². The lowest BCUT2D eigenvalue weighted by atomic mass is 10.1. The van der Waals surface area contributed by atoms with E-state index < -0.39 is 0 Å². The van der Waals surface area contributed by atoms with Gasteiger partial charge in [-0.1, -0.05) is 46.7 Å². The number of carbonyl (C=O) groups is 1. The number of carbonyl (C=O) groups excluding carboxylic acids is 1. The topological polar surface area (TPSA) is 36.4 Å². The molecule has 0 fully saturated rings. The quantitative estimate of drug-likeness (QED) is 0.601. The maximum Gasteiger partial charge on any atom is 0.260 e. The molecule has 0 atom stereocenters. The van der Waals surface area contributed by atoms with Crippen LogP contribution in [0.3, 0.4) is 0 Å². The van der Waals surface area contributed by atoms with Gasteiger partial charge in [0.1, 0.15) is 5.52 Å². The number of thiazole rings is 1. The maximum absolute atomic E-state index is 13.1. The zero-order valence-electron chi connectivity index (χ0n) is 14.9. The lowest BCUT2D eigenvalue weighted by Crippen LogP contribution is -2.36. The van der Waals surface area contributed by atoms with Crippen molar-refractivity contribution in [3.63, 3.8) is 0 Å². The largest absolute Gasteiger partial charge is 0.308 e. The van der Waals surface area contributed by atoms with Crippen molar-refractivity contribution in [3.05, 3.63) is 58.6 Å². The number of fused-ring (bicyclic) bond motifs is 1. The Labute approximate surface area is 168 Å². The first kappa shape index (κ1) is 20.6. The third-order valence-electron chi connectivity index (χ3n) is 3.90. The number of rotatable bonds is 5. The highest BCUT2D eigenvalue weighted by atomic mass is 35.5. The molecule has 26 heavy (non-hydrogen) atoms. The highest BCUT2D eigenvalue weighted by molar-refractivity contribution is 7.22. The SMILES string of the molecule is Cc1ccc(C(=O)N(CCN(C)C)c2nc3c(Cl)cccc3s2)cc1.Cl. The molecule has 4 nitrogen and oxygen atoms in total. The number of para-hydroxylation sites is 1. The molecule has 7 heteroatoms. The van der Waals surface area contributed by atoms with E-state index in [9.17, 15) is 4.79 Å². The molecule has 3 aromatic rings. The Kier molecular flexibility index (Phi) is 7.01. The molecule has 0 aliphatic rings. The molecule has 0 unspecified atom stereocenters. The summed E-state index contributed by atoms with van der Waals surface area (Å²) >= 11 is 7.74. The van der Waals surface area contributed by atoms with E-state index in [2.05, 4.69) is 9.88 Å². The fraction of sp³-hybridized carbons (Fsp3) is 0.263. The second kappa shape index (κ2) is 8.82. The van der Waals surface area contributed by atoms with Crippen LogP contribution in [-0.4, -0.2) is 43.0 Å². The zero-order chi connectivity index (χ0) is 18.0. The molecule has 1 aromatic heterocycles. The second-order valence-corrected chi connectivity index (χ2v) is 7.63. The number of hydrogen-bond acceptors (Lipinski definition) is 4. The molecule has 0 saturated heterocycles. The van der Waals surface area contributed by atoms with Crippen molar-refractivity contribution in [2.24, 2.45) is 0 Å². The zero-order valence-corrected chi connectivity index (χ0v) is 17.3. The summed E-state index contributed by atoms with van der Waals surface area (Å²) in [6.07, 6.45) is 0. The highest BCUT2D eigenvalue weighted by Crippen LogP contribution is 2.33. The van der Waals surface area contributed by atoms with Crippen LogP contribution in [0.2, 0.25) is 5.02 Å². The molecule has 0 N–H and O–H groups in total. The van der Waals surface area contributed by atoms with Crippen molar-refractivity contribution in [3.8, 4) is 0 Å². The molecule has 1 heterocycles. The van der Waals surface area contributed by atoms with Gasteiger partial charge < -0.3 is 4.90 Å². The summed E-state index contributed by atoms with van der Waals surface area (Å²) in [4.78, 5) is 21.5. The third kappa shape index (κ3) is 4.54. The molecular weight excluding hydrogens is 389 g/mol. The summed E-state index contributed by atoms with van der Waals surface area (Å²) in [5, 5.41) is 1.28. The number of nitrogens with zero attached hydrogens (tertiary/aromatic N) is 3. The molecule has 0 aliphatic heterocycles. The van der Waals surface area contributed by atoms with Gasteiger partial charge in [0.2, 0.25) is 0 Å². The van der Waals surface area contributed by atoms with E-state index in [1.54, 1.807) is 4.90 Å². The van der Waals surface area contributed by atoms with Crippen LogP contribution in [0.5, 0.6) is 0 Å². The van der Waals surface area contributed by atoms with Crippen molar-refractivity contribution < 1.29 is 4.79 Å². The van der Waals surface area contributed by atoms with Crippen LogP contribution in [-0.2, 0) is 0 Å². The van der Waals surface area contributed by atoms with Crippen LogP contribution >= 0.6 is 35.3 Å². The number of amides is 1. The summed E-state index contributed by atoms with van der Waals surface area (Å²) in [6, 6.07) is 13.3. The average molecular weight is 410 g/mol. The third-order valence-corrected chi connectivity index (χ3v) is 5.25. The monoisotopic (exact) mass is 409 g/mol. The van der Waals surface area contributed by atoms with Gasteiger partial charge in [-0.2, -0.15) is 0 Å². The fourth-order valence-corrected chi connectivity index (χ4v) is 3.74. The van der Waals surface area contributed by atoms with E-state index in [0.29, 0.717) is 22.3 Å². The van der Waals surface area contributed by atoms with Crippen molar-refractivity contribution >= 4 is 56.6 Å². The number of halogens is 2. The molecule has 2 aromatic carbocycles. The summed E-state index contributed by atoms with van der Waals surface area (Å²) in [5.74, 6) is -0.0444. The first-order valence-corrected chi connectivity index (χ1v) is 9.23. The average Bonchev–Trinajstić information content (AvgIpc) is 3.00. The summed E-state index contributed by atoms with van der Waals surface area (Å²) in [6.45, 7) is 3.33. The fourth-order valence-electron chi connectivity index (χ4n) is 2.45. The number of anilines is 1. The van der Waals surface area contributed by atoms with Crippen molar-refractivity contribution in [2.75, 3.05) is 32.1 Å². The Morgan fingerprint density at radius 2 is 1.81 bits per heavy atom. The van der Waals surface area contributed by atoms with Crippen molar-refractivity contribution in [1.29, 1.82) is 0 Å². The van der Waals surface area contributed by atoms with Crippen molar-refractivity contribution in [2.45, 2.75) is 6.92 Å². The minimum Gasteiger partial charge on any atom is -0.308 e. The molecule has 0 aliphatic carbocycles. The maximum atomic E-state index is 13.1. The smallest absolute Gasteiger partial charge is 0.260 e. The Bertz CT molecular complexity index is 893. The van der Waals surface area contributed by atoms with Crippen LogP contribution in [0.4, 0.5) is 5.13 Å². The molecule has 0 spiro atoms. The van der Waals surface area contributed by atoms with Crippen LogP contribution in [0.25, 0.3) is 10.2 Å². The minimum absolute atomic E-state index is 0.